The van der Waals surface area contributed by atoms with E-state index < -0.39 is 5.82 Å². The zero-order valence-corrected chi connectivity index (χ0v) is 10.4. The predicted octanol–water partition coefficient (Wildman–Crippen LogP) is 1.70. The Hall–Kier alpha value is -2.24. The molecule has 0 radical (unpaired) electrons. The van der Waals surface area contributed by atoms with Gasteiger partial charge in [-0.25, -0.2) is 9.07 Å². The van der Waals surface area contributed by atoms with Crippen LogP contribution in [0.2, 0.25) is 0 Å². The number of aromatic nitrogens is 3. The second-order valence-electron chi connectivity index (χ2n) is 3.98. The van der Waals surface area contributed by atoms with Crippen molar-refractivity contribution in [1.82, 2.24) is 14.8 Å². The van der Waals surface area contributed by atoms with Gasteiger partial charge in [-0.05, 0) is 6.92 Å². The summed E-state index contributed by atoms with van der Waals surface area (Å²) >= 11 is 0. The molecular formula is C12H13FN4O. The summed E-state index contributed by atoms with van der Waals surface area (Å²) in [5, 5.41) is 4.24. The molecular weight excluding hydrogens is 235 g/mol. The lowest BCUT2D eigenvalue weighted by molar-refractivity contribution is -0.116. The van der Waals surface area contributed by atoms with Crippen LogP contribution in [0.1, 0.15) is 12.6 Å². The maximum atomic E-state index is 13.1. The van der Waals surface area contributed by atoms with Gasteiger partial charge in [0.05, 0.1) is 35.7 Å². The Kier molecular flexibility index (Phi) is 3.10. The van der Waals surface area contributed by atoms with E-state index in [0.29, 0.717) is 17.1 Å². The Morgan fingerprint density at radius 1 is 1.44 bits per heavy atom. The lowest BCUT2D eigenvalue weighted by Gasteiger charge is -2.12. The molecule has 0 aliphatic rings. The highest BCUT2D eigenvalue weighted by Gasteiger charge is 2.13. The molecule has 6 heteroatoms. The van der Waals surface area contributed by atoms with Crippen LogP contribution in [-0.2, 0) is 4.79 Å². The second-order valence-corrected chi connectivity index (χ2v) is 3.98. The summed E-state index contributed by atoms with van der Waals surface area (Å²) in [6, 6.07) is 1.33. The number of carbonyl (C=O) groups is 1. The lowest BCUT2D eigenvalue weighted by atomic mass is 10.3. The molecule has 0 aliphatic heterocycles. The first-order chi connectivity index (χ1) is 8.49. The first-order valence-corrected chi connectivity index (χ1v) is 5.40. The van der Waals surface area contributed by atoms with Crippen molar-refractivity contribution >= 4 is 11.6 Å². The predicted molar refractivity (Wildman–Crippen MR) is 65.1 cm³/mol. The summed E-state index contributed by atoms with van der Waals surface area (Å²) in [6.07, 6.45) is 4.31. The van der Waals surface area contributed by atoms with Crippen molar-refractivity contribution in [3.05, 3.63) is 36.2 Å². The van der Waals surface area contributed by atoms with Gasteiger partial charge in [0.2, 0.25) is 5.91 Å². The van der Waals surface area contributed by atoms with E-state index in [1.807, 2.05) is 0 Å². The van der Waals surface area contributed by atoms with Gasteiger partial charge in [0, 0.05) is 20.0 Å². The summed E-state index contributed by atoms with van der Waals surface area (Å²) in [6.45, 7) is 3.26. The largest absolute Gasteiger partial charge is 0.313 e. The van der Waals surface area contributed by atoms with E-state index in [2.05, 4.69) is 10.1 Å². The number of amides is 1. The summed E-state index contributed by atoms with van der Waals surface area (Å²) in [4.78, 5) is 16.6. The molecule has 0 fully saturated rings. The standard InChI is InChI=1S/C12H13FN4O/c1-8-12(16(3)9(2)18)7-17(15-8)11-4-10(13)5-14-6-11/h4-7H,1-3H3. The number of rotatable bonds is 2. The fourth-order valence-corrected chi connectivity index (χ4v) is 1.61. The topological polar surface area (TPSA) is 51.0 Å². The van der Waals surface area contributed by atoms with E-state index in [4.69, 9.17) is 0 Å². The SMILES string of the molecule is CC(=O)N(C)c1cn(-c2cncc(F)c2)nc1C. The van der Waals surface area contributed by atoms with Crippen LogP contribution in [0.3, 0.4) is 0 Å². The van der Waals surface area contributed by atoms with E-state index in [9.17, 15) is 9.18 Å². The number of hydrogen-bond donors (Lipinski definition) is 0. The summed E-state index contributed by atoms with van der Waals surface area (Å²) in [5.74, 6) is -0.517. The first kappa shape index (κ1) is 12.2. The number of pyridine rings is 1. The number of halogens is 1. The van der Waals surface area contributed by atoms with Gasteiger partial charge >= 0.3 is 0 Å². The van der Waals surface area contributed by atoms with Crippen LogP contribution >= 0.6 is 0 Å². The number of anilines is 1. The molecule has 0 unspecified atom stereocenters. The van der Waals surface area contributed by atoms with Gasteiger partial charge in [-0.1, -0.05) is 0 Å². The molecule has 0 aliphatic carbocycles. The van der Waals surface area contributed by atoms with Gasteiger partial charge in [0.25, 0.3) is 0 Å². The monoisotopic (exact) mass is 248 g/mol. The van der Waals surface area contributed by atoms with Crippen LogP contribution in [0, 0.1) is 12.7 Å². The average Bonchev–Trinajstić information content (AvgIpc) is 2.70. The minimum atomic E-state index is -0.429. The summed E-state index contributed by atoms with van der Waals surface area (Å²) in [5.41, 5.74) is 1.89. The van der Waals surface area contributed by atoms with Gasteiger partial charge in [-0.15, -0.1) is 0 Å². The zero-order valence-electron chi connectivity index (χ0n) is 10.4. The van der Waals surface area contributed by atoms with Crippen molar-refractivity contribution in [3.63, 3.8) is 0 Å². The highest BCUT2D eigenvalue weighted by Crippen LogP contribution is 2.19. The molecule has 2 aromatic heterocycles. The second kappa shape index (κ2) is 4.56. The van der Waals surface area contributed by atoms with Gasteiger partial charge in [0.15, 0.2) is 0 Å². The van der Waals surface area contributed by atoms with E-state index in [-0.39, 0.29) is 5.91 Å². The van der Waals surface area contributed by atoms with Crippen molar-refractivity contribution in [2.75, 3.05) is 11.9 Å². The zero-order chi connectivity index (χ0) is 13.3. The molecule has 0 saturated carbocycles. The highest BCUT2D eigenvalue weighted by atomic mass is 19.1. The Balaban J connectivity index is 2.43. The third-order valence-corrected chi connectivity index (χ3v) is 2.66. The minimum Gasteiger partial charge on any atom is -0.313 e. The maximum Gasteiger partial charge on any atom is 0.223 e. The van der Waals surface area contributed by atoms with Crippen LogP contribution in [0.15, 0.2) is 24.7 Å². The number of hydrogen-bond acceptors (Lipinski definition) is 3. The van der Waals surface area contributed by atoms with Crippen LogP contribution in [0.25, 0.3) is 5.69 Å². The molecule has 0 bridgehead atoms. The minimum absolute atomic E-state index is 0.0879. The van der Waals surface area contributed by atoms with Gasteiger partial charge in [-0.2, -0.15) is 5.10 Å². The summed E-state index contributed by atoms with van der Waals surface area (Å²) in [7, 11) is 1.67. The molecule has 2 heterocycles. The van der Waals surface area contributed by atoms with Crippen molar-refractivity contribution in [1.29, 1.82) is 0 Å². The molecule has 2 rings (SSSR count). The Bertz CT molecular complexity index is 594. The fraction of sp³-hybridized carbons (Fsp3) is 0.250. The molecule has 0 aromatic carbocycles. The first-order valence-electron chi connectivity index (χ1n) is 5.40. The Morgan fingerprint density at radius 2 is 2.17 bits per heavy atom. The van der Waals surface area contributed by atoms with Crippen molar-refractivity contribution in [3.8, 4) is 5.69 Å². The van der Waals surface area contributed by atoms with E-state index >= 15 is 0 Å². The van der Waals surface area contributed by atoms with Gasteiger partial charge in [-0.3, -0.25) is 9.78 Å². The van der Waals surface area contributed by atoms with Crippen molar-refractivity contribution < 1.29 is 9.18 Å². The van der Waals surface area contributed by atoms with Crippen LogP contribution in [-0.4, -0.2) is 27.7 Å². The molecule has 0 atom stereocenters. The van der Waals surface area contributed by atoms with E-state index in [1.165, 1.54) is 28.8 Å². The molecule has 2 aromatic rings. The smallest absolute Gasteiger partial charge is 0.223 e. The summed E-state index contributed by atoms with van der Waals surface area (Å²) < 4.78 is 14.6. The van der Waals surface area contributed by atoms with Gasteiger partial charge < -0.3 is 4.90 Å². The Morgan fingerprint density at radius 3 is 2.78 bits per heavy atom. The normalized spacial score (nSPS) is 10.4. The van der Waals surface area contributed by atoms with E-state index in [1.54, 1.807) is 20.2 Å². The number of carbonyl (C=O) groups excluding carboxylic acids is 1. The molecule has 18 heavy (non-hydrogen) atoms. The Labute approximate surface area is 104 Å². The van der Waals surface area contributed by atoms with Gasteiger partial charge in [0.1, 0.15) is 5.82 Å². The highest BCUT2D eigenvalue weighted by molar-refractivity contribution is 5.91. The molecule has 94 valence electrons. The lowest BCUT2D eigenvalue weighted by Crippen LogP contribution is -2.22. The molecule has 5 nitrogen and oxygen atoms in total. The van der Waals surface area contributed by atoms with Crippen molar-refractivity contribution in [2.24, 2.45) is 0 Å². The molecule has 0 N–H and O–H groups in total. The van der Waals surface area contributed by atoms with Crippen molar-refractivity contribution in [2.45, 2.75) is 13.8 Å². The van der Waals surface area contributed by atoms with Crippen LogP contribution in [0.4, 0.5) is 10.1 Å². The molecule has 0 saturated heterocycles. The average molecular weight is 248 g/mol. The van der Waals surface area contributed by atoms with Crippen LogP contribution < -0.4 is 4.90 Å². The van der Waals surface area contributed by atoms with Crippen LogP contribution in [0.5, 0.6) is 0 Å². The third-order valence-electron chi connectivity index (χ3n) is 2.66. The maximum absolute atomic E-state index is 13.1. The number of aryl methyl sites for hydroxylation is 1. The third kappa shape index (κ3) is 2.22. The molecule has 1 amide bonds. The number of nitrogens with zero attached hydrogens (tertiary/aromatic N) is 4. The quantitative estimate of drug-likeness (QED) is 0.812. The van der Waals surface area contributed by atoms with E-state index in [0.717, 1.165) is 6.20 Å². The molecule has 0 spiro atoms. The fourth-order valence-electron chi connectivity index (χ4n) is 1.61.